The lowest BCUT2D eigenvalue weighted by molar-refractivity contribution is -0.145. The van der Waals surface area contributed by atoms with Crippen LogP contribution in [0, 0.1) is 5.41 Å². The molecular formula is C23H29Cl2NO6. The van der Waals surface area contributed by atoms with Gasteiger partial charge in [0.2, 0.25) is 0 Å². The minimum absolute atomic E-state index is 0.00437. The van der Waals surface area contributed by atoms with Crippen LogP contribution in [0.4, 0.5) is 0 Å². The second kappa shape index (κ2) is 9.71. The molecule has 0 unspecified atom stereocenters. The van der Waals surface area contributed by atoms with Gasteiger partial charge < -0.3 is 14.2 Å². The van der Waals surface area contributed by atoms with Crippen molar-refractivity contribution in [1.29, 1.82) is 0 Å². The van der Waals surface area contributed by atoms with E-state index in [0.29, 0.717) is 0 Å². The third-order valence-electron chi connectivity index (χ3n) is 4.13. The molecule has 176 valence electrons. The van der Waals surface area contributed by atoms with Gasteiger partial charge in [-0.3, -0.25) is 9.36 Å². The molecule has 0 fully saturated rings. The third kappa shape index (κ3) is 6.39. The van der Waals surface area contributed by atoms with Crippen molar-refractivity contribution in [2.75, 3.05) is 13.2 Å². The van der Waals surface area contributed by atoms with E-state index in [2.05, 4.69) is 0 Å². The fraction of sp³-hybridized carbons (Fsp3) is 0.522. The molecule has 0 atom stereocenters. The summed E-state index contributed by atoms with van der Waals surface area (Å²) in [6.07, 6.45) is 0. The van der Waals surface area contributed by atoms with Crippen LogP contribution in [0.15, 0.2) is 16.9 Å². The summed E-state index contributed by atoms with van der Waals surface area (Å²) in [6, 6.07) is 2.87. The van der Waals surface area contributed by atoms with Crippen LogP contribution in [0.2, 0.25) is 10.0 Å². The van der Waals surface area contributed by atoms with Gasteiger partial charge in [-0.2, -0.15) is 0 Å². The number of ether oxygens (including phenoxy) is 3. The zero-order valence-corrected chi connectivity index (χ0v) is 20.9. The fourth-order valence-electron chi connectivity index (χ4n) is 3.04. The van der Waals surface area contributed by atoms with Gasteiger partial charge in [-0.05, 0) is 45.2 Å². The number of esters is 2. The highest BCUT2D eigenvalue weighted by Gasteiger charge is 2.30. The van der Waals surface area contributed by atoms with Gasteiger partial charge in [0, 0.05) is 11.9 Å². The number of halogens is 2. The monoisotopic (exact) mass is 485 g/mol. The summed E-state index contributed by atoms with van der Waals surface area (Å²) in [6.45, 7) is 12.5. The number of benzene rings is 1. The maximum Gasteiger partial charge on any atom is 0.359 e. The Kier molecular flexibility index (Phi) is 7.89. The average molecular weight is 486 g/mol. The molecule has 32 heavy (non-hydrogen) atoms. The molecule has 0 aliphatic heterocycles. The molecule has 1 aromatic heterocycles. The summed E-state index contributed by atoms with van der Waals surface area (Å²) < 4.78 is 17.6. The summed E-state index contributed by atoms with van der Waals surface area (Å²) in [5.74, 6) is -1.38. The van der Waals surface area contributed by atoms with Crippen molar-refractivity contribution in [3.63, 3.8) is 0 Å². The maximum atomic E-state index is 13.5. The van der Waals surface area contributed by atoms with E-state index in [1.54, 1.807) is 27.7 Å². The van der Waals surface area contributed by atoms with Crippen molar-refractivity contribution >= 4 is 45.9 Å². The number of pyridine rings is 1. The van der Waals surface area contributed by atoms with Crippen molar-refractivity contribution in [2.45, 2.75) is 60.6 Å². The standard InChI is InChI=1S/C23H29Cl2NO6/c1-8-30-17(27)11-31-19-13-9-15(24)16(25)10-14(13)20(28)26(12-22(2,3)4)18(19)21(29)32-23(5,6)7/h9-10H,8,11-12H2,1-7H3. The van der Waals surface area contributed by atoms with E-state index < -0.39 is 29.7 Å². The van der Waals surface area contributed by atoms with E-state index in [9.17, 15) is 14.4 Å². The zero-order chi connectivity index (χ0) is 24.4. The molecule has 0 aliphatic rings. The summed E-state index contributed by atoms with van der Waals surface area (Å²) >= 11 is 12.4. The van der Waals surface area contributed by atoms with Crippen molar-refractivity contribution < 1.29 is 23.8 Å². The topological polar surface area (TPSA) is 83.8 Å². The first-order chi connectivity index (χ1) is 14.6. The molecule has 0 N–H and O–H groups in total. The lowest BCUT2D eigenvalue weighted by Gasteiger charge is -2.26. The molecule has 0 saturated carbocycles. The minimum atomic E-state index is -0.829. The van der Waals surface area contributed by atoms with Gasteiger partial charge in [-0.25, -0.2) is 9.59 Å². The van der Waals surface area contributed by atoms with Crippen LogP contribution < -0.4 is 10.3 Å². The lowest BCUT2D eigenvalue weighted by atomic mass is 9.96. The molecule has 0 bridgehead atoms. The van der Waals surface area contributed by atoms with Gasteiger partial charge in [0.25, 0.3) is 5.56 Å². The summed E-state index contributed by atoms with van der Waals surface area (Å²) in [5.41, 5.74) is -1.75. The van der Waals surface area contributed by atoms with Crippen LogP contribution in [0.25, 0.3) is 10.8 Å². The SMILES string of the molecule is CCOC(=O)COc1c(C(=O)OC(C)(C)C)n(CC(C)(C)C)c(=O)c2cc(Cl)c(Cl)cc12. The number of nitrogens with zero attached hydrogens (tertiary/aromatic N) is 1. The third-order valence-corrected chi connectivity index (χ3v) is 4.85. The first-order valence-electron chi connectivity index (χ1n) is 10.2. The highest BCUT2D eigenvalue weighted by molar-refractivity contribution is 6.42. The van der Waals surface area contributed by atoms with Gasteiger partial charge in [-0.15, -0.1) is 0 Å². The normalized spacial score (nSPS) is 12.0. The molecule has 1 heterocycles. The van der Waals surface area contributed by atoms with E-state index in [0.717, 1.165) is 0 Å². The van der Waals surface area contributed by atoms with Crippen molar-refractivity contribution in [3.8, 4) is 5.75 Å². The number of hydrogen-bond acceptors (Lipinski definition) is 6. The smallest absolute Gasteiger partial charge is 0.359 e. The van der Waals surface area contributed by atoms with Gasteiger partial charge in [0.1, 0.15) is 5.60 Å². The van der Waals surface area contributed by atoms with E-state index in [-0.39, 0.29) is 50.8 Å². The Morgan fingerprint density at radius 1 is 1.00 bits per heavy atom. The largest absolute Gasteiger partial charge is 0.479 e. The average Bonchev–Trinajstić information content (AvgIpc) is 2.62. The predicted molar refractivity (Wildman–Crippen MR) is 125 cm³/mol. The van der Waals surface area contributed by atoms with Crippen molar-refractivity contribution in [1.82, 2.24) is 4.57 Å². The quantitative estimate of drug-likeness (QED) is 0.519. The molecule has 0 spiro atoms. The number of hydrogen-bond donors (Lipinski definition) is 0. The molecule has 0 aliphatic carbocycles. The summed E-state index contributed by atoms with van der Waals surface area (Å²) in [7, 11) is 0. The summed E-state index contributed by atoms with van der Waals surface area (Å²) in [4.78, 5) is 38.7. The molecular weight excluding hydrogens is 457 g/mol. The van der Waals surface area contributed by atoms with Gasteiger partial charge in [-0.1, -0.05) is 44.0 Å². The van der Waals surface area contributed by atoms with E-state index >= 15 is 0 Å². The molecule has 1 aromatic carbocycles. The second-order valence-electron chi connectivity index (χ2n) is 9.54. The van der Waals surface area contributed by atoms with E-state index in [1.165, 1.54) is 16.7 Å². The van der Waals surface area contributed by atoms with Crippen LogP contribution >= 0.6 is 23.2 Å². The van der Waals surface area contributed by atoms with Crippen molar-refractivity contribution in [2.24, 2.45) is 5.41 Å². The molecule has 2 aromatic rings. The summed E-state index contributed by atoms with van der Waals surface area (Å²) in [5, 5.41) is 0.803. The van der Waals surface area contributed by atoms with Crippen molar-refractivity contribution in [3.05, 3.63) is 38.2 Å². The first-order valence-corrected chi connectivity index (χ1v) is 11.0. The number of rotatable bonds is 6. The van der Waals surface area contributed by atoms with Gasteiger partial charge in [0.15, 0.2) is 18.1 Å². The number of aromatic nitrogens is 1. The number of carbonyl (C=O) groups excluding carboxylic acids is 2. The Bertz CT molecular complexity index is 1090. The first kappa shape index (κ1) is 26.0. The number of fused-ring (bicyclic) bond motifs is 1. The maximum absolute atomic E-state index is 13.5. The van der Waals surface area contributed by atoms with Crippen LogP contribution in [0.1, 0.15) is 59.0 Å². The van der Waals surface area contributed by atoms with Crippen LogP contribution in [0.3, 0.4) is 0 Å². The highest BCUT2D eigenvalue weighted by Crippen LogP contribution is 2.35. The molecule has 2 rings (SSSR count). The Labute approximate surface area is 197 Å². The fourth-order valence-corrected chi connectivity index (χ4v) is 3.37. The predicted octanol–water partition coefficient (Wildman–Crippen LogP) is 5.25. The molecule has 0 saturated heterocycles. The molecule has 7 nitrogen and oxygen atoms in total. The minimum Gasteiger partial charge on any atom is -0.479 e. The second-order valence-corrected chi connectivity index (χ2v) is 10.4. The van der Waals surface area contributed by atoms with Crippen LogP contribution in [0.5, 0.6) is 5.75 Å². The van der Waals surface area contributed by atoms with Gasteiger partial charge >= 0.3 is 11.9 Å². The van der Waals surface area contributed by atoms with E-state index in [1.807, 2.05) is 20.8 Å². The zero-order valence-electron chi connectivity index (χ0n) is 19.4. The Morgan fingerprint density at radius 2 is 1.56 bits per heavy atom. The molecule has 9 heteroatoms. The van der Waals surface area contributed by atoms with Crippen LogP contribution in [-0.2, 0) is 20.8 Å². The molecule has 0 amide bonds. The van der Waals surface area contributed by atoms with Crippen LogP contribution in [-0.4, -0.2) is 35.3 Å². The molecule has 0 radical (unpaired) electrons. The Hall–Kier alpha value is -2.25. The van der Waals surface area contributed by atoms with Gasteiger partial charge in [0.05, 0.1) is 22.0 Å². The Balaban J connectivity index is 2.90. The lowest BCUT2D eigenvalue weighted by Crippen LogP contribution is -2.35. The number of carbonyl (C=O) groups is 2. The highest BCUT2D eigenvalue weighted by atomic mass is 35.5. The van der Waals surface area contributed by atoms with E-state index in [4.69, 9.17) is 37.4 Å². The Morgan fingerprint density at radius 3 is 2.06 bits per heavy atom.